The molecule has 0 atom stereocenters. The Kier molecular flexibility index (Phi) is 12.5. The summed E-state index contributed by atoms with van der Waals surface area (Å²) in [5, 5.41) is 3.65. The molecule has 0 saturated heterocycles. The van der Waals surface area contributed by atoms with Crippen LogP contribution in [-0.4, -0.2) is 38.9 Å². The van der Waals surface area contributed by atoms with Gasteiger partial charge in [-0.05, 0) is 31.5 Å². The lowest BCUT2D eigenvalue weighted by atomic mass is 10.3. The highest BCUT2D eigenvalue weighted by Gasteiger charge is 1.95. The van der Waals surface area contributed by atoms with Gasteiger partial charge in [-0.3, -0.25) is 4.99 Å². The number of ether oxygens (including phenoxy) is 2. The van der Waals surface area contributed by atoms with Crippen LogP contribution in [0.25, 0.3) is 0 Å². The van der Waals surface area contributed by atoms with Gasteiger partial charge in [0.15, 0.2) is 5.96 Å². The van der Waals surface area contributed by atoms with Crippen LogP contribution in [0.5, 0.6) is 5.75 Å². The molecule has 1 aromatic carbocycles. The first-order valence-corrected chi connectivity index (χ1v) is 7.10. The van der Waals surface area contributed by atoms with E-state index >= 15 is 0 Å². The zero-order valence-electron chi connectivity index (χ0n) is 12.2. The van der Waals surface area contributed by atoms with Crippen molar-refractivity contribution >= 4 is 41.5 Å². The van der Waals surface area contributed by atoms with Crippen LogP contribution < -0.4 is 15.8 Å². The SMILES string of the molecule is CCOCCCN=C(N)NCCOc1cccc(Cl)c1.I. The largest absolute Gasteiger partial charge is 0.492 e. The minimum atomic E-state index is 0. The second kappa shape index (κ2) is 13.0. The molecule has 0 unspecified atom stereocenters. The van der Waals surface area contributed by atoms with Crippen LogP contribution in [-0.2, 0) is 4.74 Å². The second-order valence-electron chi connectivity index (χ2n) is 4.05. The standard InChI is InChI=1S/C14H22ClN3O2.HI/c1-2-19-9-4-7-17-14(16)18-8-10-20-13-6-3-5-12(15)11-13;/h3,5-6,11H,2,4,7-10H2,1H3,(H3,16,17,18);1H. The Hall–Kier alpha value is -0.730. The van der Waals surface area contributed by atoms with Gasteiger partial charge in [0.2, 0.25) is 0 Å². The van der Waals surface area contributed by atoms with Crippen molar-refractivity contribution in [3.05, 3.63) is 29.3 Å². The topological polar surface area (TPSA) is 68.9 Å². The first kappa shape index (κ1) is 20.3. The van der Waals surface area contributed by atoms with E-state index in [0.29, 0.717) is 37.3 Å². The highest BCUT2D eigenvalue weighted by atomic mass is 127. The van der Waals surface area contributed by atoms with Crippen LogP contribution in [0.15, 0.2) is 29.3 Å². The molecule has 21 heavy (non-hydrogen) atoms. The third-order valence-electron chi connectivity index (χ3n) is 2.41. The summed E-state index contributed by atoms with van der Waals surface area (Å²) in [4.78, 5) is 4.18. The van der Waals surface area contributed by atoms with Crippen molar-refractivity contribution in [3.63, 3.8) is 0 Å². The molecule has 0 radical (unpaired) electrons. The summed E-state index contributed by atoms with van der Waals surface area (Å²) in [5.41, 5.74) is 5.71. The van der Waals surface area contributed by atoms with Crippen LogP contribution in [0.3, 0.4) is 0 Å². The number of rotatable bonds is 9. The molecule has 0 aliphatic heterocycles. The van der Waals surface area contributed by atoms with Crippen LogP contribution in [0.1, 0.15) is 13.3 Å². The van der Waals surface area contributed by atoms with Gasteiger partial charge in [0.1, 0.15) is 12.4 Å². The van der Waals surface area contributed by atoms with Gasteiger partial charge in [0.05, 0.1) is 6.54 Å². The summed E-state index contributed by atoms with van der Waals surface area (Å²) in [7, 11) is 0. The van der Waals surface area contributed by atoms with E-state index < -0.39 is 0 Å². The molecule has 0 heterocycles. The maximum atomic E-state index is 5.86. The monoisotopic (exact) mass is 427 g/mol. The second-order valence-corrected chi connectivity index (χ2v) is 4.49. The molecule has 0 amide bonds. The lowest BCUT2D eigenvalue weighted by Crippen LogP contribution is -2.34. The Morgan fingerprint density at radius 1 is 1.38 bits per heavy atom. The minimum absolute atomic E-state index is 0. The van der Waals surface area contributed by atoms with Gasteiger partial charge in [-0.2, -0.15) is 0 Å². The van der Waals surface area contributed by atoms with Gasteiger partial charge in [-0.15, -0.1) is 24.0 Å². The molecule has 0 aromatic heterocycles. The Balaban J connectivity index is 0.00000400. The average molecular weight is 428 g/mol. The number of nitrogens with zero attached hydrogens (tertiary/aromatic N) is 1. The maximum absolute atomic E-state index is 5.86. The zero-order valence-corrected chi connectivity index (χ0v) is 15.3. The number of aliphatic imine (C=N–C) groups is 1. The molecule has 120 valence electrons. The van der Waals surface area contributed by atoms with Crippen molar-refractivity contribution in [2.24, 2.45) is 10.7 Å². The van der Waals surface area contributed by atoms with Gasteiger partial charge in [-0.1, -0.05) is 17.7 Å². The number of guanidine groups is 1. The third kappa shape index (κ3) is 10.6. The minimum Gasteiger partial charge on any atom is -0.492 e. The lowest BCUT2D eigenvalue weighted by molar-refractivity contribution is 0.146. The Bertz CT molecular complexity index is 419. The summed E-state index contributed by atoms with van der Waals surface area (Å²) >= 11 is 5.86. The molecule has 0 fully saturated rings. The van der Waals surface area contributed by atoms with Gasteiger partial charge in [0.25, 0.3) is 0 Å². The van der Waals surface area contributed by atoms with Gasteiger partial charge in [0, 0.05) is 24.8 Å². The Morgan fingerprint density at radius 3 is 2.90 bits per heavy atom. The van der Waals surface area contributed by atoms with E-state index in [0.717, 1.165) is 18.8 Å². The molecular formula is C14H23ClIN3O2. The Morgan fingerprint density at radius 2 is 2.19 bits per heavy atom. The fourth-order valence-electron chi connectivity index (χ4n) is 1.47. The van der Waals surface area contributed by atoms with Crippen molar-refractivity contribution in [3.8, 4) is 5.75 Å². The van der Waals surface area contributed by atoms with E-state index in [1.54, 1.807) is 12.1 Å². The van der Waals surface area contributed by atoms with E-state index in [2.05, 4.69) is 10.3 Å². The summed E-state index contributed by atoms with van der Waals surface area (Å²) in [6.07, 6.45) is 0.870. The number of hydrogen-bond donors (Lipinski definition) is 2. The Labute approximate surface area is 148 Å². The summed E-state index contributed by atoms with van der Waals surface area (Å²) < 4.78 is 10.7. The third-order valence-corrected chi connectivity index (χ3v) is 2.64. The number of benzene rings is 1. The zero-order chi connectivity index (χ0) is 14.6. The van der Waals surface area contributed by atoms with Crippen molar-refractivity contribution in [2.45, 2.75) is 13.3 Å². The molecule has 0 aliphatic carbocycles. The number of halogens is 2. The average Bonchev–Trinajstić information content (AvgIpc) is 2.43. The quantitative estimate of drug-likeness (QED) is 0.275. The summed E-state index contributed by atoms with van der Waals surface area (Å²) in [6, 6.07) is 7.28. The molecule has 7 heteroatoms. The van der Waals surface area contributed by atoms with Crippen LogP contribution in [0, 0.1) is 0 Å². The molecular weight excluding hydrogens is 405 g/mol. The molecule has 0 spiro atoms. The number of nitrogens with one attached hydrogen (secondary N) is 1. The fourth-order valence-corrected chi connectivity index (χ4v) is 1.65. The highest BCUT2D eigenvalue weighted by Crippen LogP contribution is 2.16. The highest BCUT2D eigenvalue weighted by molar-refractivity contribution is 14.0. The lowest BCUT2D eigenvalue weighted by Gasteiger charge is -2.08. The van der Waals surface area contributed by atoms with E-state index in [1.807, 2.05) is 19.1 Å². The molecule has 0 bridgehead atoms. The van der Waals surface area contributed by atoms with Crippen LogP contribution in [0.4, 0.5) is 0 Å². The van der Waals surface area contributed by atoms with E-state index in [-0.39, 0.29) is 24.0 Å². The van der Waals surface area contributed by atoms with Gasteiger partial charge < -0.3 is 20.5 Å². The maximum Gasteiger partial charge on any atom is 0.188 e. The number of nitrogens with two attached hydrogens (primary N) is 1. The van der Waals surface area contributed by atoms with Crippen molar-refractivity contribution in [1.29, 1.82) is 0 Å². The molecule has 0 aliphatic rings. The van der Waals surface area contributed by atoms with Crippen molar-refractivity contribution < 1.29 is 9.47 Å². The van der Waals surface area contributed by atoms with Crippen LogP contribution >= 0.6 is 35.6 Å². The van der Waals surface area contributed by atoms with E-state index in [9.17, 15) is 0 Å². The first-order valence-electron chi connectivity index (χ1n) is 6.72. The molecule has 1 aromatic rings. The van der Waals surface area contributed by atoms with E-state index in [4.69, 9.17) is 26.8 Å². The normalized spacial score (nSPS) is 10.9. The predicted molar refractivity (Wildman–Crippen MR) is 98.0 cm³/mol. The first-order chi connectivity index (χ1) is 9.72. The summed E-state index contributed by atoms with van der Waals surface area (Å²) in [6.45, 7) is 5.17. The van der Waals surface area contributed by atoms with Gasteiger partial charge in [-0.25, -0.2) is 0 Å². The number of hydrogen-bond acceptors (Lipinski definition) is 3. The molecule has 0 saturated carbocycles. The fraction of sp³-hybridized carbons (Fsp3) is 0.500. The predicted octanol–water partition coefficient (Wildman–Crippen LogP) is 2.67. The van der Waals surface area contributed by atoms with Gasteiger partial charge >= 0.3 is 0 Å². The molecule has 3 N–H and O–H groups in total. The molecule has 5 nitrogen and oxygen atoms in total. The van der Waals surface area contributed by atoms with Crippen molar-refractivity contribution in [1.82, 2.24) is 5.32 Å². The molecule has 1 rings (SSSR count). The van der Waals surface area contributed by atoms with Crippen LogP contribution in [0.2, 0.25) is 5.02 Å². The summed E-state index contributed by atoms with van der Waals surface area (Å²) in [5.74, 6) is 1.17. The van der Waals surface area contributed by atoms with E-state index in [1.165, 1.54) is 0 Å². The smallest absolute Gasteiger partial charge is 0.188 e. The van der Waals surface area contributed by atoms with Crippen molar-refractivity contribution in [2.75, 3.05) is 32.9 Å².